The number of hydrogen-bond donors (Lipinski definition) is 0. The highest BCUT2D eigenvalue weighted by Crippen LogP contribution is 2.42. The Bertz CT molecular complexity index is 2510. The molecule has 0 amide bonds. The van der Waals surface area contributed by atoms with Crippen LogP contribution in [0.5, 0.6) is 0 Å². The predicted octanol–water partition coefficient (Wildman–Crippen LogP) is 9.76. The number of nitrogens with zero attached hydrogens (tertiary/aromatic N) is 4. The normalized spacial score (nSPS) is 11.7. The van der Waals surface area contributed by atoms with Crippen LogP contribution in [0.2, 0.25) is 0 Å². The van der Waals surface area contributed by atoms with Gasteiger partial charge in [0.25, 0.3) is 0 Å². The first-order valence-corrected chi connectivity index (χ1v) is 14.5. The van der Waals surface area contributed by atoms with E-state index in [1.54, 1.807) is 6.20 Å². The Morgan fingerprint density at radius 1 is 0.465 bits per heavy atom. The standard InChI is InChI=1S/C39H24N4/c1-2-12-27(13-3-1)43-36-18-7-5-15-29(36)31-20-19-30-28-14-4-6-16-33(28)42-38(37(30)39(31)43)26-11-8-10-25(24-26)32-21-22-34-35(41-32)17-9-23-40-34/h1-24H. The fourth-order valence-electron chi connectivity index (χ4n) is 6.49. The summed E-state index contributed by atoms with van der Waals surface area (Å²) in [5, 5.41) is 5.92. The second kappa shape index (κ2) is 9.33. The minimum atomic E-state index is 0.883. The van der Waals surface area contributed by atoms with Gasteiger partial charge in [-0.05, 0) is 60.0 Å². The average Bonchev–Trinajstić information content (AvgIpc) is 3.43. The van der Waals surface area contributed by atoms with Crippen LogP contribution in [0.15, 0.2) is 146 Å². The molecule has 0 unspecified atom stereocenters. The van der Waals surface area contributed by atoms with Crippen LogP contribution in [0.25, 0.3) is 82.7 Å². The van der Waals surface area contributed by atoms with E-state index in [-0.39, 0.29) is 0 Å². The van der Waals surface area contributed by atoms with Crippen molar-refractivity contribution in [2.24, 2.45) is 0 Å². The number of fused-ring (bicyclic) bond motifs is 8. The molecular weight excluding hydrogens is 524 g/mol. The SMILES string of the molecule is c1ccc(-n2c3ccccc3c3ccc4c5ccccc5nc(-c5cccc(-c6ccc7ncccc7n6)c5)c4c32)cc1. The highest BCUT2D eigenvalue weighted by Gasteiger charge is 2.20. The molecule has 9 rings (SSSR count). The van der Waals surface area contributed by atoms with Crippen LogP contribution in [0, 0.1) is 0 Å². The van der Waals surface area contributed by atoms with Crippen LogP contribution in [0.1, 0.15) is 0 Å². The summed E-state index contributed by atoms with van der Waals surface area (Å²) >= 11 is 0. The van der Waals surface area contributed by atoms with E-state index in [4.69, 9.17) is 9.97 Å². The van der Waals surface area contributed by atoms with E-state index in [1.807, 2.05) is 24.3 Å². The van der Waals surface area contributed by atoms with Gasteiger partial charge in [0.1, 0.15) is 0 Å². The van der Waals surface area contributed by atoms with Crippen LogP contribution in [0.3, 0.4) is 0 Å². The number of para-hydroxylation sites is 3. The summed E-state index contributed by atoms with van der Waals surface area (Å²) in [6, 6.07) is 48.9. The zero-order valence-corrected chi connectivity index (χ0v) is 23.1. The molecule has 0 aliphatic rings. The number of rotatable bonds is 3. The smallest absolute Gasteiger partial charge is 0.0894 e. The van der Waals surface area contributed by atoms with Gasteiger partial charge >= 0.3 is 0 Å². The summed E-state index contributed by atoms with van der Waals surface area (Å²) in [6.45, 7) is 0. The third-order valence-electron chi connectivity index (χ3n) is 8.40. The molecule has 0 N–H and O–H groups in total. The van der Waals surface area contributed by atoms with Crippen molar-refractivity contribution in [3.05, 3.63) is 146 Å². The molecule has 200 valence electrons. The van der Waals surface area contributed by atoms with E-state index < -0.39 is 0 Å². The maximum Gasteiger partial charge on any atom is 0.0894 e. The summed E-state index contributed by atoms with van der Waals surface area (Å²) < 4.78 is 2.40. The number of hydrogen-bond acceptors (Lipinski definition) is 3. The van der Waals surface area contributed by atoms with E-state index in [2.05, 4.69) is 125 Å². The summed E-state index contributed by atoms with van der Waals surface area (Å²) in [6.07, 6.45) is 1.80. The molecule has 0 fully saturated rings. The summed E-state index contributed by atoms with van der Waals surface area (Å²) in [4.78, 5) is 14.8. The molecule has 0 bridgehead atoms. The second-order valence-electron chi connectivity index (χ2n) is 10.9. The third-order valence-corrected chi connectivity index (χ3v) is 8.40. The van der Waals surface area contributed by atoms with Crippen molar-refractivity contribution in [2.45, 2.75) is 0 Å². The quantitative estimate of drug-likeness (QED) is 0.206. The van der Waals surface area contributed by atoms with Gasteiger partial charge in [0.2, 0.25) is 0 Å². The molecule has 43 heavy (non-hydrogen) atoms. The molecule has 5 aromatic carbocycles. The molecule has 0 aliphatic heterocycles. The topological polar surface area (TPSA) is 43.6 Å². The summed E-state index contributed by atoms with van der Waals surface area (Å²) in [7, 11) is 0. The molecule has 9 aromatic rings. The van der Waals surface area contributed by atoms with Crippen LogP contribution < -0.4 is 0 Å². The maximum absolute atomic E-state index is 5.37. The molecule has 0 saturated carbocycles. The van der Waals surface area contributed by atoms with Crippen LogP contribution in [0.4, 0.5) is 0 Å². The van der Waals surface area contributed by atoms with Gasteiger partial charge in [0.05, 0.1) is 39.0 Å². The minimum Gasteiger partial charge on any atom is -0.309 e. The van der Waals surface area contributed by atoms with Gasteiger partial charge < -0.3 is 4.57 Å². The summed E-state index contributed by atoms with van der Waals surface area (Å²) in [5.74, 6) is 0. The van der Waals surface area contributed by atoms with Crippen molar-refractivity contribution >= 4 is 54.5 Å². The van der Waals surface area contributed by atoms with Crippen molar-refractivity contribution in [2.75, 3.05) is 0 Å². The zero-order valence-electron chi connectivity index (χ0n) is 23.1. The van der Waals surface area contributed by atoms with Gasteiger partial charge in [-0.1, -0.05) is 84.9 Å². The first kappa shape index (κ1) is 23.8. The molecule has 0 radical (unpaired) electrons. The Hall–Kier alpha value is -5.87. The Balaban J connectivity index is 1.41. The average molecular weight is 549 g/mol. The van der Waals surface area contributed by atoms with E-state index >= 15 is 0 Å². The lowest BCUT2D eigenvalue weighted by molar-refractivity contribution is 1.19. The van der Waals surface area contributed by atoms with Crippen molar-refractivity contribution in [3.63, 3.8) is 0 Å². The van der Waals surface area contributed by atoms with E-state index in [1.165, 1.54) is 27.2 Å². The molecule has 4 nitrogen and oxygen atoms in total. The highest BCUT2D eigenvalue weighted by molar-refractivity contribution is 6.25. The van der Waals surface area contributed by atoms with E-state index in [0.29, 0.717) is 0 Å². The van der Waals surface area contributed by atoms with Gasteiger partial charge in [-0.15, -0.1) is 0 Å². The van der Waals surface area contributed by atoms with Crippen molar-refractivity contribution in [3.8, 4) is 28.2 Å². The number of pyridine rings is 3. The van der Waals surface area contributed by atoms with Crippen LogP contribution in [-0.4, -0.2) is 19.5 Å². The first-order valence-electron chi connectivity index (χ1n) is 14.5. The molecule has 0 saturated heterocycles. The van der Waals surface area contributed by atoms with Crippen molar-refractivity contribution in [1.29, 1.82) is 0 Å². The van der Waals surface area contributed by atoms with Gasteiger partial charge in [-0.2, -0.15) is 0 Å². The number of benzene rings is 5. The van der Waals surface area contributed by atoms with E-state index in [0.717, 1.165) is 55.5 Å². The van der Waals surface area contributed by atoms with Crippen LogP contribution in [-0.2, 0) is 0 Å². The largest absolute Gasteiger partial charge is 0.309 e. The Morgan fingerprint density at radius 2 is 1.23 bits per heavy atom. The molecule has 4 heterocycles. The molecular formula is C39H24N4. The van der Waals surface area contributed by atoms with Gasteiger partial charge in [0.15, 0.2) is 0 Å². The number of aromatic nitrogens is 4. The Morgan fingerprint density at radius 3 is 2.16 bits per heavy atom. The van der Waals surface area contributed by atoms with Crippen molar-refractivity contribution in [1.82, 2.24) is 19.5 Å². The van der Waals surface area contributed by atoms with Gasteiger partial charge in [-0.25, -0.2) is 9.97 Å². The molecule has 4 aromatic heterocycles. The highest BCUT2D eigenvalue weighted by atomic mass is 15.0. The lowest BCUT2D eigenvalue weighted by Gasteiger charge is -2.15. The predicted molar refractivity (Wildman–Crippen MR) is 178 cm³/mol. The van der Waals surface area contributed by atoms with Gasteiger partial charge in [-0.3, -0.25) is 4.98 Å². The Labute approximate surface area is 247 Å². The first-order chi connectivity index (χ1) is 21.3. The fraction of sp³-hybridized carbons (Fsp3) is 0. The zero-order chi connectivity index (χ0) is 28.3. The molecule has 0 spiro atoms. The molecule has 0 atom stereocenters. The summed E-state index contributed by atoms with van der Waals surface area (Å²) in [5.41, 5.74) is 10.2. The molecule has 4 heteroatoms. The second-order valence-corrected chi connectivity index (χ2v) is 10.9. The van der Waals surface area contributed by atoms with E-state index in [9.17, 15) is 0 Å². The van der Waals surface area contributed by atoms with Crippen molar-refractivity contribution < 1.29 is 0 Å². The molecule has 0 aliphatic carbocycles. The van der Waals surface area contributed by atoms with Crippen LogP contribution >= 0.6 is 0 Å². The minimum absolute atomic E-state index is 0.883. The Kier molecular flexibility index (Phi) is 5.16. The fourth-order valence-corrected chi connectivity index (χ4v) is 6.49. The lowest BCUT2D eigenvalue weighted by atomic mass is 9.96. The monoisotopic (exact) mass is 548 g/mol. The third kappa shape index (κ3) is 3.67. The lowest BCUT2D eigenvalue weighted by Crippen LogP contribution is -1.97. The van der Waals surface area contributed by atoms with Gasteiger partial charge in [0, 0.05) is 44.6 Å². The maximum atomic E-state index is 5.37.